The van der Waals surface area contributed by atoms with Crippen LogP contribution in [0.25, 0.3) is 0 Å². The first-order valence-corrected chi connectivity index (χ1v) is 3.46. The Morgan fingerprint density at radius 1 is 1.50 bits per heavy atom. The largest absolute Gasteiger partial charge is 0.152 e. The highest BCUT2D eigenvalue weighted by atomic mass is 32.1. The average molecular weight is 130 g/mol. The first kappa shape index (κ1) is 8.09. The van der Waals surface area contributed by atoms with Crippen LogP contribution in [-0.4, -0.2) is 0 Å². The van der Waals surface area contributed by atoms with Gasteiger partial charge in [-0.1, -0.05) is 26.8 Å². The first-order valence-electron chi connectivity index (χ1n) is 2.94. The lowest BCUT2D eigenvalue weighted by Gasteiger charge is -2.15. The zero-order valence-electron chi connectivity index (χ0n) is 5.81. The van der Waals surface area contributed by atoms with Gasteiger partial charge >= 0.3 is 0 Å². The molecular formula is C7H14S. The van der Waals surface area contributed by atoms with Gasteiger partial charge in [0.25, 0.3) is 0 Å². The number of rotatable bonds is 2. The van der Waals surface area contributed by atoms with Gasteiger partial charge in [0.15, 0.2) is 0 Å². The van der Waals surface area contributed by atoms with Gasteiger partial charge in [-0.15, -0.1) is 0 Å². The van der Waals surface area contributed by atoms with Crippen molar-refractivity contribution >= 4 is 12.6 Å². The van der Waals surface area contributed by atoms with Gasteiger partial charge in [-0.05, 0) is 17.2 Å². The molecule has 1 heteroatoms. The lowest BCUT2D eigenvalue weighted by Crippen LogP contribution is -2.03. The molecule has 0 rings (SSSR count). The molecule has 0 atom stereocenters. The van der Waals surface area contributed by atoms with Gasteiger partial charge in [-0.3, -0.25) is 0 Å². The van der Waals surface area contributed by atoms with Gasteiger partial charge in [-0.25, -0.2) is 0 Å². The van der Waals surface area contributed by atoms with Crippen molar-refractivity contribution in [2.75, 3.05) is 0 Å². The number of thiol groups is 1. The fourth-order valence-corrected chi connectivity index (χ4v) is 0.723. The SMILES string of the molecule is CCC(C)(C)/C=C\S. The predicted octanol–water partition coefficient (Wildman–Crippen LogP) is 2.87. The van der Waals surface area contributed by atoms with Gasteiger partial charge in [0, 0.05) is 0 Å². The van der Waals surface area contributed by atoms with E-state index in [1.165, 1.54) is 6.42 Å². The van der Waals surface area contributed by atoms with Crippen molar-refractivity contribution in [2.45, 2.75) is 27.2 Å². The van der Waals surface area contributed by atoms with Crippen LogP contribution < -0.4 is 0 Å². The monoisotopic (exact) mass is 130 g/mol. The van der Waals surface area contributed by atoms with E-state index in [2.05, 4.69) is 39.5 Å². The van der Waals surface area contributed by atoms with Gasteiger partial charge in [0.1, 0.15) is 0 Å². The summed E-state index contributed by atoms with van der Waals surface area (Å²) in [6.45, 7) is 6.56. The molecular weight excluding hydrogens is 116 g/mol. The summed E-state index contributed by atoms with van der Waals surface area (Å²) in [5.41, 5.74) is 0.335. The third-order valence-corrected chi connectivity index (χ3v) is 1.59. The minimum Gasteiger partial charge on any atom is -0.152 e. The maximum atomic E-state index is 3.99. The normalized spacial score (nSPS) is 13.0. The van der Waals surface area contributed by atoms with Crippen LogP contribution in [0.1, 0.15) is 27.2 Å². The molecule has 0 fully saturated rings. The lowest BCUT2D eigenvalue weighted by molar-refractivity contribution is 0.463. The van der Waals surface area contributed by atoms with E-state index in [0.29, 0.717) is 5.41 Å². The van der Waals surface area contributed by atoms with E-state index in [1.807, 2.05) is 5.41 Å². The summed E-state index contributed by atoms with van der Waals surface area (Å²) < 4.78 is 0. The van der Waals surface area contributed by atoms with Crippen LogP contribution in [0.3, 0.4) is 0 Å². The lowest BCUT2D eigenvalue weighted by atomic mass is 9.91. The Bertz CT molecular complexity index is 82.4. The Morgan fingerprint density at radius 2 is 2.00 bits per heavy atom. The van der Waals surface area contributed by atoms with Crippen LogP contribution in [0.15, 0.2) is 11.5 Å². The fraction of sp³-hybridized carbons (Fsp3) is 0.714. The van der Waals surface area contributed by atoms with Crippen LogP contribution in [0.4, 0.5) is 0 Å². The maximum Gasteiger partial charge on any atom is -0.0169 e. The van der Waals surface area contributed by atoms with Gasteiger partial charge in [0.05, 0.1) is 0 Å². The highest BCUT2D eigenvalue weighted by Crippen LogP contribution is 2.20. The minimum atomic E-state index is 0.335. The topological polar surface area (TPSA) is 0 Å². The molecule has 48 valence electrons. The van der Waals surface area contributed by atoms with Crippen LogP contribution in [0.2, 0.25) is 0 Å². The van der Waals surface area contributed by atoms with Crippen molar-refractivity contribution in [3.63, 3.8) is 0 Å². The van der Waals surface area contributed by atoms with Crippen molar-refractivity contribution in [2.24, 2.45) is 5.41 Å². The average Bonchev–Trinajstić information content (AvgIpc) is 1.67. The van der Waals surface area contributed by atoms with Crippen LogP contribution in [0, 0.1) is 5.41 Å². The Kier molecular flexibility index (Phi) is 3.22. The Hall–Kier alpha value is 0.0900. The van der Waals surface area contributed by atoms with Gasteiger partial charge in [0.2, 0.25) is 0 Å². The molecule has 0 aliphatic heterocycles. The highest BCUT2D eigenvalue weighted by molar-refractivity contribution is 7.83. The van der Waals surface area contributed by atoms with E-state index in [0.717, 1.165) is 0 Å². The second-order valence-electron chi connectivity index (χ2n) is 2.66. The van der Waals surface area contributed by atoms with E-state index >= 15 is 0 Å². The number of hydrogen-bond acceptors (Lipinski definition) is 1. The van der Waals surface area contributed by atoms with Gasteiger partial charge < -0.3 is 0 Å². The highest BCUT2D eigenvalue weighted by Gasteiger charge is 2.07. The minimum absolute atomic E-state index is 0.335. The fourth-order valence-electron chi connectivity index (χ4n) is 0.320. The van der Waals surface area contributed by atoms with Crippen LogP contribution in [0.5, 0.6) is 0 Å². The first-order chi connectivity index (χ1) is 3.62. The summed E-state index contributed by atoms with van der Waals surface area (Å²) >= 11 is 3.99. The Labute approximate surface area is 57.4 Å². The molecule has 0 aliphatic carbocycles. The smallest absolute Gasteiger partial charge is 0.0169 e. The van der Waals surface area contributed by atoms with Crippen molar-refractivity contribution in [1.82, 2.24) is 0 Å². The van der Waals surface area contributed by atoms with Crippen molar-refractivity contribution in [3.8, 4) is 0 Å². The molecule has 0 aromatic rings. The summed E-state index contributed by atoms with van der Waals surface area (Å²) in [5.74, 6) is 0. The zero-order valence-corrected chi connectivity index (χ0v) is 6.70. The standard InChI is InChI=1S/C7H14S/c1-4-7(2,3)5-6-8/h5-6,8H,4H2,1-3H3/b6-5-. The maximum absolute atomic E-state index is 3.99. The summed E-state index contributed by atoms with van der Waals surface area (Å²) in [4.78, 5) is 0. The molecule has 0 amide bonds. The molecule has 8 heavy (non-hydrogen) atoms. The quantitative estimate of drug-likeness (QED) is 0.546. The van der Waals surface area contributed by atoms with Crippen molar-refractivity contribution < 1.29 is 0 Å². The molecule has 0 heterocycles. The molecule has 0 spiro atoms. The number of hydrogen-bond donors (Lipinski definition) is 1. The van der Waals surface area contributed by atoms with E-state index in [-0.39, 0.29) is 0 Å². The molecule has 0 aromatic heterocycles. The number of allylic oxidation sites excluding steroid dienone is 1. The summed E-state index contributed by atoms with van der Waals surface area (Å²) in [5, 5.41) is 1.81. The Morgan fingerprint density at radius 3 is 2.12 bits per heavy atom. The molecule has 0 saturated heterocycles. The third-order valence-electron chi connectivity index (χ3n) is 1.44. The molecule has 0 aliphatic rings. The molecule has 0 nitrogen and oxygen atoms in total. The molecule has 0 unspecified atom stereocenters. The molecule has 0 bridgehead atoms. The van der Waals surface area contributed by atoms with E-state index in [4.69, 9.17) is 0 Å². The van der Waals surface area contributed by atoms with Crippen molar-refractivity contribution in [3.05, 3.63) is 11.5 Å². The summed E-state index contributed by atoms with van der Waals surface area (Å²) in [7, 11) is 0. The molecule has 0 aromatic carbocycles. The molecule has 0 N–H and O–H groups in total. The van der Waals surface area contributed by atoms with Crippen LogP contribution >= 0.6 is 12.6 Å². The van der Waals surface area contributed by atoms with E-state index < -0.39 is 0 Å². The molecule has 0 radical (unpaired) electrons. The predicted molar refractivity (Wildman–Crippen MR) is 42.2 cm³/mol. The second-order valence-corrected chi connectivity index (χ2v) is 2.96. The second kappa shape index (κ2) is 3.18. The van der Waals surface area contributed by atoms with Crippen molar-refractivity contribution in [1.29, 1.82) is 0 Å². The van der Waals surface area contributed by atoms with E-state index in [9.17, 15) is 0 Å². The Balaban J connectivity index is 3.71. The zero-order chi connectivity index (χ0) is 6.62. The summed E-state index contributed by atoms with van der Waals surface area (Å²) in [6, 6.07) is 0. The van der Waals surface area contributed by atoms with E-state index in [1.54, 1.807) is 0 Å². The van der Waals surface area contributed by atoms with Gasteiger partial charge in [-0.2, -0.15) is 12.6 Å². The summed E-state index contributed by atoms with van der Waals surface area (Å²) in [6.07, 6.45) is 3.28. The molecule has 0 saturated carbocycles. The van der Waals surface area contributed by atoms with Crippen LogP contribution in [-0.2, 0) is 0 Å². The third kappa shape index (κ3) is 3.14.